The number of hydrogen-bond donors (Lipinski definition) is 5. The van der Waals surface area contributed by atoms with Gasteiger partial charge in [0.25, 0.3) is 6.23 Å². The monoisotopic (exact) mass is 428 g/mol. The molecule has 13 heteroatoms. The van der Waals surface area contributed by atoms with E-state index in [-0.39, 0.29) is 12.1 Å². The fourth-order valence-corrected chi connectivity index (χ4v) is 2.41. The number of aromatic hydroxyl groups is 1. The Morgan fingerprint density at radius 2 is 1.37 bits per heavy atom. The van der Waals surface area contributed by atoms with E-state index in [0.717, 1.165) is 11.0 Å². The zero-order chi connectivity index (χ0) is 22.8. The highest BCUT2D eigenvalue weighted by Crippen LogP contribution is 2.18. The minimum atomic E-state index is -2.09. The van der Waals surface area contributed by atoms with Crippen LogP contribution >= 0.6 is 0 Å². The minimum absolute atomic E-state index is 0.343. The molecule has 5 N–H and O–H groups in total. The van der Waals surface area contributed by atoms with Gasteiger partial charge in [0.05, 0.1) is 13.1 Å². The summed E-state index contributed by atoms with van der Waals surface area (Å²) in [4.78, 5) is 58.3. The molecular formula is C17H20N2O11. The van der Waals surface area contributed by atoms with Crippen LogP contribution in [0.25, 0.3) is 0 Å². The average molecular weight is 428 g/mol. The SMILES string of the molecule is O=C(O)CN(CCN(CC(=O)O)C(OC(=O)c1ccccc1O)C(=O)O)CC(=O)O. The third-order valence-corrected chi connectivity index (χ3v) is 3.65. The van der Waals surface area contributed by atoms with Crippen LogP contribution in [-0.2, 0) is 23.9 Å². The Morgan fingerprint density at radius 1 is 0.833 bits per heavy atom. The Balaban J connectivity index is 3.02. The van der Waals surface area contributed by atoms with Crippen molar-refractivity contribution in [3.05, 3.63) is 29.8 Å². The fourth-order valence-electron chi connectivity index (χ4n) is 2.41. The Hall–Kier alpha value is -3.71. The van der Waals surface area contributed by atoms with Crippen molar-refractivity contribution in [1.29, 1.82) is 0 Å². The first-order valence-electron chi connectivity index (χ1n) is 8.34. The van der Waals surface area contributed by atoms with E-state index in [4.69, 9.17) is 20.1 Å². The first-order chi connectivity index (χ1) is 14.0. The van der Waals surface area contributed by atoms with Crippen molar-refractivity contribution in [2.75, 3.05) is 32.7 Å². The van der Waals surface area contributed by atoms with Crippen molar-refractivity contribution in [3.63, 3.8) is 0 Å². The van der Waals surface area contributed by atoms with Crippen LogP contribution in [0.1, 0.15) is 10.4 Å². The Morgan fingerprint density at radius 3 is 1.83 bits per heavy atom. The molecular weight excluding hydrogens is 408 g/mol. The lowest BCUT2D eigenvalue weighted by Crippen LogP contribution is -2.50. The highest BCUT2D eigenvalue weighted by atomic mass is 16.6. The molecule has 0 aliphatic heterocycles. The van der Waals surface area contributed by atoms with E-state index in [1.807, 2.05) is 0 Å². The molecule has 0 aliphatic carbocycles. The molecule has 0 saturated heterocycles. The maximum absolute atomic E-state index is 12.2. The van der Waals surface area contributed by atoms with Crippen molar-refractivity contribution < 1.29 is 54.2 Å². The highest BCUT2D eigenvalue weighted by Gasteiger charge is 2.32. The van der Waals surface area contributed by atoms with Gasteiger partial charge in [-0.2, -0.15) is 0 Å². The van der Waals surface area contributed by atoms with Crippen molar-refractivity contribution in [3.8, 4) is 5.75 Å². The van der Waals surface area contributed by atoms with Gasteiger partial charge in [0.1, 0.15) is 17.9 Å². The second-order valence-electron chi connectivity index (χ2n) is 5.98. The van der Waals surface area contributed by atoms with Gasteiger partial charge in [-0.1, -0.05) is 12.1 Å². The van der Waals surface area contributed by atoms with Gasteiger partial charge in [-0.15, -0.1) is 0 Å². The van der Waals surface area contributed by atoms with E-state index in [9.17, 15) is 34.2 Å². The van der Waals surface area contributed by atoms with Crippen LogP contribution in [0.15, 0.2) is 24.3 Å². The smallest absolute Gasteiger partial charge is 0.361 e. The summed E-state index contributed by atoms with van der Waals surface area (Å²) in [6, 6.07) is 5.13. The highest BCUT2D eigenvalue weighted by molar-refractivity contribution is 5.93. The number of nitrogens with zero attached hydrogens (tertiary/aromatic N) is 2. The Kier molecular flexibility index (Phi) is 9.19. The van der Waals surface area contributed by atoms with Crippen LogP contribution in [0, 0.1) is 0 Å². The van der Waals surface area contributed by atoms with Gasteiger partial charge in [0.2, 0.25) is 0 Å². The molecule has 0 aromatic heterocycles. The van der Waals surface area contributed by atoms with Gasteiger partial charge in [0, 0.05) is 13.1 Å². The molecule has 0 bridgehead atoms. The predicted molar refractivity (Wildman–Crippen MR) is 95.9 cm³/mol. The summed E-state index contributed by atoms with van der Waals surface area (Å²) in [5.74, 6) is -7.59. The summed E-state index contributed by atoms with van der Waals surface area (Å²) in [7, 11) is 0. The Labute approximate surface area is 169 Å². The number of phenolic OH excluding ortho intramolecular Hbond substituents is 1. The summed E-state index contributed by atoms with van der Waals surface area (Å²) in [5.41, 5.74) is -0.350. The second kappa shape index (κ2) is 11.3. The maximum atomic E-state index is 12.2. The molecule has 0 amide bonds. The molecule has 1 unspecified atom stereocenters. The zero-order valence-electron chi connectivity index (χ0n) is 15.5. The van der Waals surface area contributed by atoms with Crippen LogP contribution in [0.4, 0.5) is 0 Å². The first kappa shape index (κ1) is 24.3. The minimum Gasteiger partial charge on any atom is -0.507 e. The molecule has 13 nitrogen and oxygen atoms in total. The number of carboxylic acid groups (broad SMARTS) is 4. The molecule has 1 aromatic rings. The van der Waals surface area contributed by atoms with Crippen LogP contribution in [0.3, 0.4) is 0 Å². The molecule has 0 fully saturated rings. The summed E-state index contributed by atoms with van der Waals surface area (Å²) >= 11 is 0. The molecule has 0 spiro atoms. The summed E-state index contributed by atoms with van der Waals surface area (Å²) in [5, 5.41) is 45.8. The van der Waals surface area contributed by atoms with Crippen LogP contribution in [-0.4, -0.2) is 104 Å². The van der Waals surface area contributed by atoms with Crippen LogP contribution in [0.2, 0.25) is 0 Å². The summed E-state index contributed by atoms with van der Waals surface area (Å²) in [6.45, 7) is -3.08. The number of ether oxygens (including phenoxy) is 1. The number of carboxylic acids is 4. The van der Waals surface area contributed by atoms with Crippen molar-refractivity contribution in [1.82, 2.24) is 9.80 Å². The van der Waals surface area contributed by atoms with Gasteiger partial charge in [-0.05, 0) is 12.1 Å². The number of para-hydroxylation sites is 1. The van der Waals surface area contributed by atoms with Crippen molar-refractivity contribution in [2.45, 2.75) is 6.23 Å². The number of aliphatic carboxylic acids is 4. The Bertz CT molecular complexity index is 795. The molecule has 30 heavy (non-hydrogen) atoms. The molecule has 0 saturated carbocycles. The van der Waals surface area contributed by atoms with E-state index >= 15 is 0 Å². The number of hydrogen-bond acceptors (Lipinski definition) is 9. The molecule has 1 rings (SSSR count). The zero-order valence-corrected chi connectivity index (χ0v) is 15.5. The van der Waals surface area contributed by atoms with Crippen molar-refractivity contribution in [2.24, 2.45) is 0 Å². The lowest BCUT2D eigenvalue weighted by molar-refractivity contribution is -0.162. The normalized spacial score (nSPS) is 11.8. The first-order valence-corrected chi connectivity index (χ1v) is 8.34. The van der Waals surface area contributed by atoms with Gasteiger partial charge in [-0.3, -0.25) is 19.3 Å². The molecule has 0 heterocycles. The van der Waals surface area contributed by atoms with Gasteiger partial charge in [-0.25, -0.2) is 14.5 Å². The van der Waals surface area contributed by atoms with Gasteiger partial charge < -0.3 is 30.3 Å². The lowest BCUT2D eigenvalue weighted by atomic mass is 10.2. The number of phenols is 1. The largest absolute Gasteiger partial charge is 0.507 e. The number of benzene rings is 1. The van der Waals surface area contributed by atoms with E-state index in [2.05, 4.69) is 0 Å². The van der Waals surface area contributed by atoms with E-state index in [1.165, 1.54) is 18.2 Å². The lowest BCUT2D eigenvalue weighted by Gasteiger charge is -2.29. The number of carbonyl (C=O) groups is 5. The van der Waals surface area contributed by atoms with Crippen LogP contribution in [0.5, 0.6) is 5.75 Å². The third kappa shape index (κ3) is 8.12. The molecule has 1 atom stereocenters. The van der Waals surface area contributed by atoms with E-state index < -0.39 is 68.0 Å². The molecule has 0 radical (unpaired) electrons. The quantitative estimate of drug-likeness (QED) is 0.186. The van der Waals surface area contributed by atoms with E-state index in [0.29, 0.717) is 4.90 Å². The van der Waals surface area contributed by atoms with Crippen LogP contribution < -0.4 is 0 Å². The number of carbonyl (C=O) groups excluding carboxylic acids is 1. The van der Waals surface area contributed by atoms with Gasteiger partial charge >= 0.3 is 29.8 Å². The molecule has 164 valence electrons. The number of esters is 1. The summed E-state index contributed by atoms with van der Waals surface area (Å²) in [6.07, 6.45) is -2.09. The average Bonchev–Trinajstić information content (AvgIpc) is 2.61. The fraction of sp³-hybridized carbons (Fsp3) is 0.353. The standard InChI is InChI=1S/C17H20N2O11/c20-11-4-2-1-3-10(11)17(29)30-15(16(27)28)19(9-14(25)26)6-5-18(7-12(21)22)8-13(23)24/h1-4,15,20H,5-9H2,(H,21,22)(H,23,24)(H,25,26)(H,27,28). The number of rotatable bonds is 13. The predicted octanol–water partition coefficient (Wildman–Crippen LogP) is -1.18. The van der Waals surface area contributed by atoms with Crippen molar-refractivity contribution >= 4 is 29.8 Å². The topological polar surface area (TPSA) is 202 Å². The molecule has 1 aromatic carbocycles. The molecule has 0 aliphatic rings. The third-order valence-electron chi connectivity index (χ3n) is 3.65. The maximum Gasteiger partial charge on any atom is 0.361 e. The van der Waals surface area contributed by atoms with E-state index in [1.54, 1.807) is 0 Å². The van der Waals surface area contributed by atoms with Gasteiger partial charge in [0.15, 0.2) is 0 Å². The summed E-state index contributed by atoms with van der Waals surface area (Å²) < 4.78 is 4.85. The second-order valence-corrected chi connectivity index (χ2v) is 5.98.